The quantitative estimate of drug-likeness (QED) is 0.914. The van der Waals surface area contributed by atoms with Crippen molar-refractivity contribution in [1.82, 2.24) is 5.32 Å². The zero-order chi connectivity index (χ0) is 16.1. The van der Waals surface area contributed by atoms with Gasteiger partial charge in [0.15, 0.2) is 0 Å². The molecule has 1 atom stereocenters. The van der Waals surface area contributed by atoms with Gasteiger partial charge in [0, 0.05) is 13.1 Å². The first-order chi connectivity index (χ1) is 11.1. The minimum Gasteiger partial charge on any atom is -0.495 e. The fourth-order valence-electron chi connectivity index (χ4n) is 3.42. The van der Waals surface area contributed by atoms with Gasteiger partial charge in [0.25, 0.3) is 5.91 Å². The number of nitrogens with zero attached hydrogens (tertiary/aromatic N) is 1. The molecule has 4 rings (SSSR count). The van der Waals surface area contributed by atoms with Crippen LogP contribution in [0.5, 0.6) is 5.75 Å². The van der Waals surface area contributed by atoms with Crippen LogP contribution >= 0.6 is 11.6 Å². The van der Waals surface area contributed by atoms with E-state index in [-0.39, 0.29) is 0 Å². The molecule has 6 nitrogen and oxygen atoms in total. The number of rotatable bonds is 4. The van der Waals surface area contributed by atoms with Crippen LogP contribution < -0.4 is 15.0 Å². The van der Waals surface area contributed by atoms with Gasteiger partial charge in [-0.2, -0.15) is 0 Å². The highest BCUT2D eigenvalue weighted by molar-refractivity contribution is 6.32. The number of carbonyl (C=O) groups excluding carboxylic acids is 2. The van der Waals surface area contributed by atoms with Crippen molar-refractivity contribution in [2.24, 2.45) is 5.92 Å². The molecule has 2 aliphatic heterocycles. The number of halogens is 1. The molecule has 122 valence electrons. The summed E-state index contributed by atoms with van der Waals surface area (Å²) >= 11 is 6.33. The van der Waals surface area contributed by atoms with E-state index in [4.69, 9.17) is 21.1 Å². The maximum absolute atomic E-state index is 12.1. The van der Waals surface area contributed by atoms with E-state index in [1.54, 1.807) is 0 Å². The molecule has 0 bridgehead atoms. The number of anilines is 1. The van der Waals surface area contributed by atoms with Gasteiger partial charge in [-0.1, -0.05) is 11.6 Å². The number of hydrogen-bond donors (Lipinski definition) is 1. The first-order valence-corrected chi connectivity index (χ1v) is 8.12. The maximum atomic E-state index is 12.1. The summed E-state index contributed by atoms with van der Waals surface area (Å²) in [5, 5.41) is 2.61. The Kier molecular flexibility index (Phi) is 3.37. The Morgan fingerprint density at radius 1 is 1.43 bits per heavy atom. The lowest BCUT2D eigenvalue weighted by molar-refractivity contribution is -0.123. The average Bonchev–Trinajstić information content (AvgIpc) is 3.14. The van der Waals surface area contributed by atoms with Gasteiger partial charge in [-0.3, -0.25) is 10.1 Å². The summed E-state index contributed by atoms with van der Waals surface area (Å²) in [6.07, 6.45) is 1.60. The fourth-order valence-corrected chi connectivity index (χ4v) is 3.73. The van der Waals surface area contributed by atoms with Crippen molar-refractivity contribution in [3.63, 3.8) is 0 Å². The molecule has 2 amide bonds. The molecule has 23 heavy (non-hydrogen) atoms. The molecule has 1 N–H and O–H groups in total. The number of imide groups is 1. The summed E-state index contributed by atoms with van der Waals surface area (Å²) in [7, 11) is 1.51. The van der Waals surface area contributed by atoms with E-state index in [9.17, 15) is 9.59 Å². The van der Waals surface area contributed by atoms with Crippen LogP contribution in [-0.2, 0) is 16.0 Å². The van der Waals surface area contributed by atoms with Gasteiger partial charge in [0.2, 0.25) is 6.10 Å². The Balaban J connectivity index is 1.84. The van der Waals surface area contributed by atoms with Gasteiger partial charge in [-0.25, -0.2) is 4.79 Å². The van der Waals surface area contributed by atoms with Crippen molar-refractivity contribution in [3.05, 3.63) is 22.2 Å². The molecule has 1 saturated carbocycles. The number of nitrogens with one attached hydrogen (secondary N) is 1. The van der Waals surface area contributed by atoms with E-state index in [0.717, 1.165) is 30.8 Å². The van der Waals surface area contributed by atoms with Gasteiger partial charge in [-0.05, 0) is 36.8 Å². The number of carbonyl (C=O) groups is 2. The average molecular weight is 337 g/mol. The van der Waals surface area contributed by atoms with E-state index in [0.29, 0.717) is 22.3 Å². The Labute approximate surface area is 138 Å². The number of fused-ring (bicyclic) bond motifs is 1. The van der Waals surface area contributed by atoms with E-state index in [1.807, 2.05) is 6.07 Å². The number of alkyl carbamates (subject to hydrolysis) is 1. The Morgan fingerprint density at radius 3 is 2.83 bits per heavy atom. The van der Waals surface area contributed by atoms with Crippen LogP contribution in [0.4, 0.5) is 10.5 Å². The Bertz CT molecular complexity index is 702. The molecule has 0 radical (unpaired) electrons. The van der Waals surface area contributed by atoms with E-state index in [2.05, 4.69) is 10.2 Å². The summed E-state index contributed by atoms with van der Waals surface area (Å²) in [6.45, 7) is 1.83. The topological polar surface area (TPSA) is 67.9 Å². The third kappa shape index (κ3) is 2.41. The number of ether oxygens (including phenoxy) is 2. The highest BCUT2D eigenvalue weighted by Crippen LogP contribution is 2.48. The smallest absolute Gasteiger partial charge is 0.415 e. The lowest BCUT2D eigenvalue weighted by atomic mass is 10.0. The van der Waals surface area contributed by atoms with Gasteiger partial charge in [-0.15, -0.1) is 0 Å². The van der Waals surface area contributed by atoms with Crippen molar-refractivity contribution < 1.29 is 19.1 Å². The standard InChI is InChI=1S/C16H17ClN2O4/c1-22-13-10(17)6-9-4-5-19(7-8-2-3-8)12(9)11(13)14-15(20)18-16(21)23-14/h6,8,14H,2-5,7H2,1H3,(H,18,20,21). The van der Waals surface area contributed by atoms with Crippen LogP contribution in [0.15, 0.2) is 6.07 Å². The number of benzene rings is 1. The van der Waals surface area contributed by atoms with Crippen molar-refractivity contribution in [2.45, 2.75) is 25.4 Å². The second kappa shape index (κ2) is 5.30. The number of hydrogen-bond acceptors (Lipinski definition) is 5. The molecule has 2 heterocycles. The van der Waals surface area contributed by atoms with Crippen LogP contribution in [0.1, 0.15) is 30.1 Å². The van der Waals surface area contributed by atoms with Crippen molar-refractivity contribution >= 4 is 29.3 Å². The molecule has 1 saturated heterocycles. The number of amides is 2. The van der Waals surface area contributed by atoms with Gasteiger partial charge in [0.1, 0.15) is 5.75 Å². The van der Waals surface area contributed by atoms with Crippen LogP contribution in [0, 0.1) is 5.92 Å². The van der Waals surface area contributed by atoms with Gasteiger partial charge < -0.3 is 14.4 Å². The molecule has 1 aliphatic carbocycles. The Morgan fingerprint density at radius 2 is 2.22 bits per heavy atom. The summed E-state index contributed by atoms with van der Waals surface area (Å²) in [4.78, 5) is 25.8. The molecule has 1 unspecified atom stereocenters. The summed E-state index contributed by atoms with van der Waals surface area (Å²) in [6, 6.07) is 1.89. The molecule has 0 aromatic heterocycles. The minimum absolute atomic E-state index is 0.406. The van der Waals surface area contributed by atoms with Crippen LogP contribution in [-0.4, -0.2) is 32.2 Å². The van der Waals surface area contributed by atoms with Gasteiger partial charge >= 0.3 is 6.09 Å². The van der Waals surface area contributed by atoms with E-state index < -0.39 is 18.1 Å². The molecule has 7 heteroatoms. The SMILES string of the molecule is COc1c(Cl)cc2c(c1C1OC(=O)NC1=O)N(CC1CC1)CC2. The van der Waals surface area contributed by atoms with Crippen LogP contribution in [0.25, 0.3) is 0 Å². The predicted octanol–water partition coefficient (Wildman–Crippen LogP) is 2.43. The first-order valence-electron chi connectivity index (χ1n) is 7.74. The normalized spacial score (nSPS) is 22.9. The third-order valence-electron chi connectivity index (χ3n) is 4.62. The van der Waals surface area contributed by atoms with Gasteiger partial charge in [0.05, 0.1) is 23.4 Å². The molecule has 3 aliphatic rings. The lowest BCUT2D eigenvalue weighted by Crippen LogP contribution is -2.26. The van der Waals surface area contributed by atoms with Crippen molar-refractivity contribution in [3.8, 4) is 5.75 Å². The maximum Gasteiger partial charge on any atom is 0.415 e. The monoisotopic (exact) mass is 336 g/mol. The lowest BCUT2D eigenvalue weighted by Gasteiger charge is -2.25. The van der Waals surface area contributed by atoms with Crippen molar-refractivity contribution in [2.75, 3.05) is 25.1 Å². The minimum atomic E-state index is -1.01. The molecule has 1 aromatic rings. The van der Waals surface area contributed by atoms with Crippen LogP contribution in [0.2, 0.25) is 5.02 Å². The van der Waals surface area contributed by atoms with Crippen LogP contribution in [0.3, 0.4) is 0 Å². The highest BCUT2D eigenvalue weighted by atomic mass is 35.5. The fraction of sp³-hybridized carbons (Fsp3) is 0.500. The molecule has 0 spiro atoms. The number of methoxy groups -OCH3 is 1. The predicted molar refractivity (Wildman–Crippen MR) is 84.0 cm³/mol. The molecule has 1 aromatic carbocycles. The summed E-state index contributed by atoms with van der Waals surface area (Å²) in [5.74, 6) is 0.634. The molecule has 2 fully saturated rings. The zero-order valence-corrected chi connectivity index (χ0v) is 13.5. The van der Waals surface area contributed by atoms with Crippen molar-refractivity contribution in [1.29, 1.82) is 0 Å². The Hall–Kier alpha value is -1.95. The second-order valence-corrected chi connectivity index (χ2v) is 6.63. The molecular formula is C16H17ClN2O4. The third-order valence-corrected chi connectivity index (χ3v) is 4.90. The van der Waals surface area contributed by atoms with E-state index in [1.165, 1.54) is 20.0 Å². The largest absolute Gasteiger partial charge is 0.495 e. The first kappa shape index (κ1) is 14.6. The summed E-state index contributed by atoms with van der Waals surface area (Å²) < 4.78 is 10.6. The zero-order valence-electron chi connectivity index (χ0n) is 12.7. The second-order valence-electron chi connectivity index (χ2n) is 6.23. The number of cyclic esters (lactones) is 1. The molecular weight excluding hydrogens is 320 g/mol. The highest BCUT2D eigenvalue weighted by Gasteiger charge is 2.41. The van der Waals surface area contributed by atoms with E-state index >= 15 is 0 Å². The summed E-state index contributed by atoms with van der Waals surface area (Å²) in [5.41, 5.74) is 2.58.